The molecule has 0 aliphatic heterocycles. The molecule has 0 aliphatic rings. The van der Waals surface area contributed by atoms with Gasteiger partial charge in [0, 0.05) is 13.1 Å². The second-order valence-electron chi connectivity index (χ2n) is 3.61. The second kappa shape index (κ2) is 4.60. The number of nitriles is 1. The zero-order valence-corrected chi connectivity index (χ0v) is 11.0. The van der Waals surface area contributed by atoms with Crippen molar-refractivity contribution in [2.75, 3.05) is 0 Å². The van der Waals surface area contributed by atoms with Crippen molar-refractivity contribution in [3.8, 4) is 17.7 Å². The highest BCUT2D eigenvalue weighted by atomic mass is 79.9. The average Bonchev–Trinajstić information content (AvgIpc) is 2.60. The van der Waals surface area contributed by atoms with Gasteiger partial charge in [0.1, 0.15) is 5.75 Å². The molecule has 1 aromatic carbocycles. The number of aryl methyl sites for hydroxylation is 2. The fraction of sp³-hybridized carbons (Fsp3) is 0.167. The topological polar surface area (TPSA) is 50.8 Å². The van der Waals surface area contributed by atoms with Crippen LogP contribution in [0.3, 0.4) is 0 Å². The number of hydrogen-bond acceptors (Lipinski definition) is 3. The second-order valence-corrected chi connectivity index (χ2v) is 4.46. The molecule has 17 heavy (non-hydrogen) atoms. The Balaban J connectivity index is 2.31. The van der Waals surface area contributed by atoms with Gasteiger partial charge in [-0.15, -0.1) is 0 Å². The van der Waals surface area contributed by atoms with Gasteiger partial charge in [-0.3, -0.25) is 0 Å². The summed E-state index contributed by atoms with van der Waals surface area (Å²) in [5.41, 5.74) is 1.48. The number of rotatable bonds is 2. The summed E-state index contributed by atoms with van der Waals surface area (Å²) in [6, 6.07) is 9.11. The monoisotopic (exact) mass is 291 g/mol. The lowest BCUT2D eigenvalue weighted by atomic mass is 10.2. The van der Waals surface area contributed by atoms with Crippen molar-refractivity contribution in [2.24, 2.45) is 7.05 Å². The van der Waals surface area contributed by atoms with E-state index in [2.05, 4.69) is 27.1 Å². The third kappa shape index (κ3) is 2.48. The van der Waals surface area contributed by atoms with Gasteiger partial charge in [0.15, 0.2) is 0 Å². The van der Waals surface area contributed by atoms with Crippen LogP contribution in [0.15, 0.2) is 28.7 Å². The van der Waals surface area contributed by atoms with E-state index in [0.29, 0.717) is 17.2 Å². The summed E-state index contributed by atoms with van der Waals surface area (Å²) in [7, 11) is 1.82. The van der Waals surface area contributed by atoms with Crippen LogP contribution in [0.2, 0.25) is 0 Å². The number of ether oxygens (including phenoxy) is 1. The molecule has 4 nitrogen and oxygen atoms in total. The number of halogens is 1. The maximum Gasteiger partial charge on any atom is 0.217 e. The van der Waals surface area contributed by atoms with E-state index in [4.69, 9.17) is 10.00 Å². The molecule has 0 fully saturated rings. The Hall–Kier alpha value is -1.80. The van der Waals surface area contributed by atoms with Gasteiger partial charge in [0.2, 0.25) is 5.88 Å². The Morgan fingerprint density at radius 2 is 2.18 bits per heavy atom. The smallest absolute Gasteiger partial charge is 0.217 e. The van der Waals surface area contributed by atoms with Crippen LogP contribution < -0.4 is 4.74 Å². The molecule has 0 unspecified atom stereocenters. The molecular weight excluding hydrogens is 282 g/mol. The molecule has 2 rings (SSSR count). The van der Waals surface area contributed by atoms with E-state index in [9.17, 15) is 0 Å². The Labute approximate surface area is 108 Å². The Morgan fingerprint density at radius 1 is 1.41 bits per heavy atom. The first-order valence-electron chi connectivity index (χ1n) is 4.98. The van der Waals surface area contributed by atoms with Gasteiger partial charge < -0.3 is 4.74 Å². The van der Waals surface area contributed by atoms with Gasteiger partial charge in [-0.1, -0.05) is 0 Å². The van der Waals surface area contributed by atoms with Crippen LogP contribution in [-0.4, -0.2) is 9.78 Å². The lowest BCUT2D eigenvalue weighted by Gasteiger charge is -2.07. The standard InChI is InChI=1S/C12H10BrN3O/c1-8-5-12(16(2)15-8)17-11-4-3-9(7-14)6-10(11)13/h3-6H,1-2H3. The lowest BCUT2D eigenvalue weighted by molar-refractivity contribution is 0.428. The third-order valence-corrected chi connectivity index (χ3v) is 2.85. The van der Waals surface area contributed by atoms with Gasteiger partial charge in [0.25, 0.3) is 0 Å². The molecule has 0 N–H and O–H groups in total. The van der Waals surface area contributed by atoms with Crippen LogP contribution in [0.5, 0.6) is 11.6 Å². The van der Waals surface area contributed by atoms with E-state index in [1.165, 1.54) is 0 Å². The molecule has 0 amide bonds. The summed E-state index contributed by atoms with van der Waals surface area (Å²) in [6.45, 7) is 1.90. The first kappa shape index (κ1) is 11.7. The minimum Gasteiger partial charge on any atom is -0.438 e. The Morgan fingerprint density at radius 3 is 2.71 bits per heavy atom. The van der Waals surface area contributed by atoms with Crippen molar-refractivity contribution in [1.29, 1.82) is 5.26 Å². The lowest BCUT2D eigenvalue weighted by Crippen LogP contribution is -1.95. The van der Waals surface area contributed by atoms with Crippen LogP contribution in [0.1, 0.15) is 11.3 Å². The zero-order chi connectivity index (χ0) is 12.4. The van der Waals surface area contributed by atoms with E-state index in [0.717, 1.165) is 10.2 Å². The SMILES string of the molecule is Cc1cc(Oc2ccc(C#N)cc2Br)n(C)n1. The predicted octanol–water partition coefficient (Wildman–Crippen LogP) is 3.16. The quantitative estimate of drug-likeness (QED) is 0.854. The molecule has 0 spiro atoms. The fourth-order valence-corrected chi connectivity index (χ4v) is 1.91. The molecule has 5 heteroatoms. The molecule has 1 heterocycles. The van der Waals surface area contributed by atoms with Crippen LogP contribution in [-0.2, 0) is 7.05 Å². The number of benzene rings is 1. The van der Waals surface area contributed by atoms with E-state index < -0.39 is 0 Å². The highest BCUT2D eigenvalue weighted by molar-refractivity contribution is 9.10. The van der Waals surface area contributed by atoms with Gasteiger partial charge >= 0.3 is 0 Å². The fourth-order valence-electron chi connectivity index (χ4n) is 1.45. The van der Waals surface area contributed by atoms with E-state index in [-0.39, 0.29) is 0 Å². The molecule has 0 atom stereocenters. The van der Waals surface area contributed by atoms with E-state index in [1.54, 1.807) is 22.9 Å². The molecule has 86 valence electrons. The van der Waals surface area contributed by atoms with Crippen LogP contribution in [0, 0.1) is 18.3 Å². The summed E-state index contributed by atoms with van der Waals surface area (Å²) >= 11 is 3.37. The highest BCUT2D eigenvalue weighted by Gasteiger charge is 2.08. The van der Waals surface area contributed by atoms with Crippen LogP contribution in [0.25, 0.3) is 0 Å². The molecule has 0 radical (unpaired) electrons. The van der Waals surface area contributed by atoms with E-state index in [1.807, 2.05) is 20.0 Å². The van der Waals surface area contributed by atoms with Crippen LogP contribution in [0.4, 0.5) is 0 Å². The summed E-state index contributed by atoms with van der Waals surface area (Å²) in [5, 5.41) is 13.0. The number of aromatic nitrogens is 2. The predicted molar refractivity (Wildman–Crippen MR) is 66.9 cm³/mol. The first-order chi connectivity index (χ1) is 8.10. The molecule has 0 saturated carbocycles. The third-order valence-electron chi connectivity index (χ3n) is 2.23. The Bertz CT molecular complexity index is 598. The Kier molecular flexibility index (Phi) is 3.16. The first-order valence-corrected chi connectivity index (χ1v) is 5.77. The summed E-state index contributed by atoms with van der Waals surface area (Å²) in [4.78, 5) is 0. The number of hydrogen-bond donors (Lipinski definition) is 0. The maximum atomic E-state index is 8.76. The highest BCUT2D eigenvalue weighted by Crippen LogP contribution is 2.30. The molecule has 1 aromatic heterocycles. The molecule has 0 bridgehead atoms. The normalized spacial score (nSPS) is 10.0. The van der Waals surface area contributed by atoms with Crippen molar-refractivity contribution in [1.82, 2.24) is 9.78 Å². The molecular formula is C12H10BrN3O. The minimum absolute atomic E-state index is 0.588. The maximum absolute atomic E-state index is 8.76. The van der Waals surface area contributed by atoms with Gasteiger partial charge in [-0.05, 0) is 41.1 Å². The molecule has 0 aliphatic carbocycles. The minimum atomic E-state index is 0.588. The van der Waals surface area contributed by atoms with Gasteiger partial charge in [0.05, 0.1) is 21.8 Å². The van der Waals surface area contributed by atoms with Gasteiger partial charge in [-0.2, -0.15) is 10.4 Å². The number of nitrogens with zero attached hydrogens (tertiary/aromatic N) is 3. The van der Waals surface area contributed by atoms with Crippen molar-refractivity contribution < 1.29 is 4.74 Å². The van der Waals surface area contributed by atoms with E-state index >= 15 is 0 Å². The average molecular weight is 292 g/mol. The molecule has 0 saturated heterocycles. The molecule has 2 aromatic rings. The van der Waals surface area contributed by atoms with Crippen LogP contribution >= 0.6 is 15.9 Å². The van der Waals surface area contributed by atoms with Crippen molar-refractivity contribution in [2.45, 2.75) is 6.92 Å². The summed E-state index contributed by atoms with van der Waals surface area (Å²) in [5.74, 6) is 1.32. The largest absolute Gasteiger partial charge is 0.438 e. The van der Waals surface area contributed by atoms with Crippen molar-refractivity contribution in [3.05, 3.63) is 40.0 Å². The zero-order valence-electron chi connectivity index (χ0n) is 9.44. The summed E-state index contributed by atoms with van der Waals surface area (Å²) < 4.78 is 8.12. The summed E-state index contributed by atoms with van der Waals surface area (Å²) in [6.07, 6.45) is 0. The van der Waals surface area contributed by atoms with Gasteiger partial charge in [-0.25, -0.2) is 4.68 Å². The van der Waals surface area contributed by atoms with Crippen molar-refractivity contribution >= 4 is 15.9 Å². The van der Waals surface area contributed by atoms with Crippen molar-refractivity contribution in [3.63, 3.8) is 0 Å².